The van der Waals surface area contributed by atoms with E-state index in [9.17, 15) is 4.79 Å². The average molecular weight is 393 g/mol. The lowest BCUT2D eigenvalue weighted by atomic mass is 9.97. The van der Waals surface area contributed by atoms with Crippen molar-refractivity contribution in [3.63, 3.8) is 0 Å². The Labute approximate surface area is 169 Å². The van der Waals surface area contributed by atoms with Gasteiger partial charge >= 0.3 is 0 Å². The second-order valence-corrected chi connectivity index (χ2v) is 7.01. The van der Waals surface area contributed by atoms with Gasteiger partial charge in [-0.05, 0) is 55.3 Å². The number of hydrogen-bond donors (Lipinski definition) is 0. The highest BCUT2D eigenvalue weighted by Crippen LogP contribution is 2.29. The van der Waals surface area contributed by atoms with Crippen molar-refractivity contribution in [1.29, 1.82) is 0 Å². The third-order valence-electron chi connectivity index (χ3n) is 5.16. The molecule has 0 unspecified atom stereocenters. The van der Waals surface area contributed by atoms with Gasteiger partial charge in [-0.3, -0.25) is 4.79 Å². The maximum absolute atomic E-state index is 12.9. The molecule has 150 valence electrons. The molecule has 1 saturated heterocycles. The van der Waals surface area contributed by atoms with E-state index in [1.54, 1.807) is 20.3 Å². The number of methoxy groups -OCH3 is 2. The van der Waals surface area contributed by atoms with E-state index in [0.29, 0.717) is 36.1 Å². The van der Waals surface area contributed by atoms with Crippen molar-refractivity contribution in [2.24, 2.45) is 0 Å². The smallest absolute Gasteiger partial charge is 0.254 e. The largest absolute Gasteiger partial charge is 0.497 e. The number of nitrogens with zero attached hydrogens (tertiary/aromatic N) is 3. The zero-order valence-electron chi connectivity index (χ0n) is 16.5. The predicted octanol–water partition coefficient (Wildman–Crippen LogP) is 3.77. The third-order valence-corrected chi connectivity index (χ3v) is 5.16. The molecule has 2 aromatic carbocycles. The number of carbonyl (C=O) groups is 1. The minimum Gasteiger partial charge on any atom is -0.497 e. The van der Waals surface area contributed by atoms with Gasteiger partial charge in [-0.1, -0.05) is 11.2 Å². The summed E-state index contributed by atoms with van der Waals surface area (Å²) in [5.41, 5.74) is 1.48. The van der Waals surface area contributed by atoms with E-state index >= 15 is 0 Å². The van der Waals surface area contributed by atoms with E-state index in [-0.39, 0.29) is 11.8 Å². The molecule has 4 rings (SSSR count). The van der Waals surface area contributed by atoms with E-state index in [1.807, 2.05) is 47.4 Å². The van der Waals surface area contributed by atoms with Crippen molar-refractivity contribution in [2.45, 2.75) is 18.8 Å². The maximum Gasteiger partial charge on any atom is 0.254 e. The number of carbonyl (C=O) groups excluding carboxylic acids is 1. The van der Waals surface area contributed by atoms with Crippen molar-refractivity contribution >= 4 is 5.91 Å². The van der Waals surface area contributed by atoms with Crippen LogP contribution in [0.25, 0.3) is 11.4 Å². The molecule has 1 fully saturated rings. The molecule has 3 aromatic rings. The van der Waals surface area contributed by atoms with Crippen molar-refractivity contribution in [3.05, 3.63) is 60.0 Å². The van der Waals surface area contributed by atoms with Crippen LogP contribution in [0.2, 0.25) is 0 Å². The Balaban J connectivity index is 1.48. The number of amides is 1. The number of rotatable bonds is 5. The number of ether oxygens (including phenoxy) is 2. The highest BCUT2D eigenvalue weighted by molar-refractivity contribution is 5.94. The SMILES string of the molecule is COc1ccc(-c2noc([C@@H]3CCCN(C(=O)c4cccc(OC)c4)C3)n2)cc1. The normalized spacial score (nSPS) is 16.5. The minimum atomic E-state index is -0.0107. The Morgan fingerprint density at radius 3 is 2.66 bits per heavy atom. The van der Waals surface area contributed by atoms with Gasteiger partial charge in [0, 0.05) is 24.2 Å². The summed E-state index contributed by atoms with van der Waals surface area (Å²) in [4.78, 5) is 19.3. The third kappa shape index (κ3) is 4.08. The lowest BCUT2D eigenvalue weighted by Crippen LogP contribution is -2.39. The number of piperidine rings is 1. The summed E-state index contributed by atoms with van der Waals surface area (Å²) in [6.45, 7) is 1.27. The molecule has 7 nitrogen and oxygen atoms in total. The molecule has 1 amide bonds. The van der Waals surface area contributed by atoms with Crippen molar-refractivity contribution in [3.8, 4) is 22.9 Å². The van der Waals surface area contributed by atoms with E-state index < -0.39 is 0 Å². The van der Waals surface area contributed by atoms with E-state index in [4.69, 9.17) is 14.0 Å². The summed E-state index contributed by atoms with van der Waals surface area (Å²) in [5, 5.41) is 4.12. The average Bonchev–Trinajstić information content (AvgIpc) is 3.29. The first-order valence-corrected chi connectivity index (χ1v) is 9.59. The molecule has 1 aliphatic heterocycles. The first-order valence-electron chi connectivity index (χ1n) is 9.59. The Hall–Kier alpha value is -3.35. The number of hydrogen-bond acceptors (Lipinski definition) is 6. The molecule has 1 aromatic heterocycles. The molecular formula is C22H23N3O4. The molecule has 0 bridgehead atoms. The molecule has 1 atom stereocenters. The summed E-state index contributed by atoms with van der Waals surface area (Å²) in [7, 11) is 3.22. The molecule has 0 aliphatic carbocycles. The van der Waals surface area contributed by atoms with Crippen molar-refractivity contribution < 1.29 is 18.8 Å². The molecule has 7 heteroatoms. The quantitative estimate of drug-likeness (QED) is 0.657. The van der Waals surface area contributed by atoms with Gasteiger partial charge in [0.15, 0.2) is 0 Å². The van der Waals surface area contributed by atoms with Crippen LogP contribution in [-0.4, -0.2) is 48.3 Å². The second kappa shape index (κ2) is 8.34. The molecule has 2 heterocycles. The molecule has 29 heavy (non-hydrogen) atoms. The first kappa shape index (κ1) is 19.0. The van der Waals surface area contributed by atoms with Crippen molar-refractivity contribution in [2.75, 3.05) is 27.3 Å². The van der Waals surface area contributed by atoms with Crippen LogP contribution in [0.5, 0.6) is 11.5 Å². The second-order valence-electron chi connectivity index (χ2n) is 7.01. The molecule has 0 radical (unpaired) electrons. The topological polar surface area (TPSA) is 77.7 Å². The molecule has 0 saturated carbocycles. The molecular weight excluding hydrogens is 370 g/mol. The summed E-state index contributed by atoms with van der Waals surface area (Å²) >= 11 is 0. The maximum atomic E-state index is 12.9. The lowest BCUT2D eigenvalue weighted by Gasteiger charge is -2.31. The summed E-state index contributed by atoms with van der Waals surface area (Å²) in [5.74, 6) is 2.57. The molecule has 0 spiro atoms. The van der Waals surface area contributed by atoms with Crippen LogP contribution in [0.15, 0.2) is 53.1 Å². The zero-order valence-corrected chi connectivity index (χ0v) is 16.5. The zero-order chi connectivity index (χ0) is 20.2. The number of benzene rings is 2. The minimum absolute atomic E-state index is 0.0107. The Bertz CT molecular complexity index is 984. The monoisotopic (exact) mass is 393 g/mol. The van der Waals surface area contributed by atoms with Crippen LogP contribution in [0.1, 0.15) is 35.0 Å². The summed E-state index contributed by atoms with van der Waals surface area (Å²) in [6.07, 6.45) is 1.80. The highest BCUT2D eigenvalue weighted by atomic mass is 16.5. The van der Waals surface area contributed by atoms with Crippen LogP contribution in [0.4, 0.5) is 0 Å². The van der Waals surface area contributed by atoms with E-state index in [1.165, 1.54) is 0 Å². The van der Waals surface area contributed by atoms with Gasteiger partial charge in [-0.2, -0.15) is 4.98 Å². The van der Waals surface area contributed by atoms with Crippen LogP contribution in [0.3, 0.4) is 0 Å². The van der Waals surface area contributed by atoms with Gasteiger partial charge in [0.2, 0.25) is 11.7 Å². The first-order chi connectivity index (χ1) is 14.2. The van der Waals surface area contributed by atoms with E-state index in [0.717, 1.165) is 24.2 Å². The highest BCUT2D eigenvalue weighted by Gasteiger charge is 2.29. The number of aromatic nitrogens is 2. The van der Waals surface area contributed by atoms with Gasteiger partial charge in [-0.25, -0.2) is 0 Å². The fraction of sp³-hybridized carbons (Fsp3) is 0.318. The van der Waals surface area contributed by atoms with Gasteiger partial charge in [0.1, 0.15) is 11.5 Å². The van der Waals surface area contributed by atoms with Gasteiger partial charge in [-0.15, -0.1) is 0 Å². The fourth-order valence-corrected chi connectivity index (χ4v) is 3.56. The fourth-order valence-electron chi connectivity index (χ4n) is 3.56. The Morgan fingerprint density at radius 2 is 1.90 bits per heavy atom. The van der Waals surface area contributed by atoms with Crippen LogP contribution in [0, 0.1) is 0 Å². The van der Waals surface area contributed by atoms with Crippen LogP contribution < -0.4 is 9.47 Å². The van der Waals surface area contributed by atoms with Crippen LogP contribution >= 0.6 is 0 Å². The van der Waals surface area contributed by atoms with Gasteiger partial charge in [0.05, 0.1) is 20.1 Å². The summed E-state index contributed by atoms with van der Waals surface area (Å²) in [6, 6.07) is 14.7. The van der Waals surface area contributed by atoms with Gasteiger partial charge in [0.25, 0.3) is 5.91 Å². The molecule has 0 N–H and O–H groups in total. The van der Waals surface area contributed by atoms with Crippen LogP contribution in [-0.2, 0) is 0 Å². The Morgan fingerprint density at radius 1 is 1.10 bits per heavy atom. The molecule has 1 aliphatic rings. The van der Waals surface area contributed by atoms with Crippen molar-refractivity contribution in [1.82, 2.24) is 15.0 Å². The van der Waals surface area contributed by atoms with E-state index in [2.05, 4.69) is 10.1 Å². The standard InChI is InChI=1S/C22H23N3O4/c1-27-18-10-8-15(9-11-18)20-23-21(29-24-20)17-6-4-12-25(14-17)22(26)16-5-3-7-19(13-16)28-2/h3,5,7-11,13,17H,4,6,12,14H2,1-2H3/t17-/m1/s1. The number of likely N-dealkylation sites (tertiary alicyclic amines) is 1. The van der Waals surface area contributed by atoms with Gasteiger partial charge < -0.3 is 18.9 Å². The Kier molecular flexibility index (Phi) is 5.46. The lowest BCUT2D eigenvalue weighted by molar-refractivity contribution is 0.0695. The predicted molar refractivity (Wildman–Crippen MR) is 107 cm³/mol. The summed E-state index contributed by atoms with van der Waals surface area (Å²) < 4.78 is 15.9.